The zero-order valence-electron chi connectivity index (χ0n) is 10.9. The standard InChI is InChI=1S/C15H17.3ClH.Ti/c1-2-11-12-7-3-5-9-14(12)15-10-6-4-8-13(11)15;;;;/h3,5,7-9,11H,2,4,6,10H2,1H3;3*1H;/q-1;;;;+4/p-3. The van der Waals surface area contributed by atoms with Gasteiger partial charge in [0.25, 0.3) is 0 Å². The maximum atomic E-state index is 4.97. The van der Waals surface area contributed by atoms with E-state index in [-0.39, 0.29) is 0 Å². The average Bonchev–Trinajstić information content (AvgIpc) is 2.72. The Hall–Kier alpha value is 0.414. The molecule has 0 aliphatic heterocycles. The molecule has 0 heterocycles. The van der Waals surface area contributed by atoms with E-state index in [1.807, 2.05) is 0 Å². The summed E-state index contributed by atoms with van der Waals surface area (Å²) in [6.45, 7) is 2.31. The Kier molecular flexibility index (Phi) is 6.18. The number of benzene rings is 1. The molecule has 2 aliphatic carbocycles. The van der Waals surface area contributed by atoms with E-state index in [1.54, 1.807) is 16.7 Å². The Morgan fingerprint density at radius 3 is 2.63 bits per heavy atom. The fourth-order valence-electron chi connectivity index (χ4n) is 3.13. The first-order valence-corrected chi connectivity index (χ1v) is 13.1. The average molecular weight is 352 g/mol. The first-order valence-electron chi connectivity index (χ1n) is 6.64. The molecular weight excluding hydrogens is 334 g/mol. The number of hydrogen-bond donors (Lipinski definition) is 0. The van der Waals surface area contributed by atoms with Gasteiger partial charge in [-0.1, -0.05) is 55.2 Å². The van der Waals surface area contributed by atoms with Crippen molar-refractivity contribution in [1.29, 1.82) is 0 Å². The van der Waals surface area contributed by atoms with Gasteiger partial charge in [-0.3, -0.25) is 0 Å². The molecule has 1 atom stereocenters. The first kappa shape index (κ1) is 15.8. The quantitative estimate of drug-likeness (QED) is 0.405. The van der Waals surface area contributed by atoms with Gasteiger partial charge >= 0.3 is 42.6 Å². The molecule has 0 aromatic heterocycles. The van der Waals surface area contributed by atoms with E-state index in [0.29, 0.717) is 5.92 Å². The molecule has 0 bridgehead atoms. The second-order valence-electron chi connectivity index (χ2n) is 4.79. The summed E-state index contributed by atoms with van der Waals surface area (Å²) in [5, 5.41) is 0. The van der Waals surface area contributed by atoms with Gasteiger partial charge in [-0.15, -0.1) is 6.42 Å². The summed E-state index contributed by atoms with van der Waals surface area (Å²) in [7, 11) is 14.9. The molecule has 0 saturated heterocycles. The summed E-state index contributed by atoms with van der Waals surface area (Å²) in [6, 6.07) is 8.98. The first-order chi connectivity index (χ1) is 9.15. The van der Waals surface area contributed by atoms with E-state index < -0.39 is 14.7 Å². The van der Waals surface area contributed by atoms with Gasteiger partial charge in [-0.05, 0) is 12.3 Å². The maximum absolute atomic E-state index is 4.97. The topological polar surface area (TPSA) is 0 Å². The molecule has 19 heavy (non-hydrogen) atoms. The SMILES string of the molecule is CCC1C2=C(CCC[CH-]2)c2ccccc21.[Cl][Ti+]([Cl])[Cl]. The summed E-state index contributed by atoms with van der Waals surface area (Å²) in [5.74, 6) is 0.691. The van der Waals surface area contributed by atoms with Crippen LogP contribution < -0.4 is 0 Å². The van der Waals surface area contributed by atoms with Crippen molar-refractivity contribution in [3.63, 3.8) is 0 Å². The van der Waals surface area contributed by atoms with Gasteiger partial charge < -0.3 is 0 Å². The van der Waals surface area contributed by atoms with Gasteiger partial charge in [0, 0.05) is 0 Å². The molecule has 0 spiro atoms. The number of halogens is 3. The molecule has 4 heteroatoms. The Morgan fingerprint density at radius 2 is 1.95 bits per heavy atom. The van der Waals surface area contributed by atoms with Crippen LogP contribution in [0.25, 0.3) is 5.57 Å². The van der Waals surface area contributed by atoms with Crippen LogP contribution in [0.3, 0.4) is 0 Å². The molecule has 1 aromatic carbocycles. The second-order valence-corrected chi connectivity index (χ2v) is 12.5. The normalized spacial score (nSPS) is 19.9. The molecular formula is C15H17Cl3Ti. The van der Waals surface area contributed by atoms with Crippen LogP contribution in [0, 0.1) is 6.42 Å². The van der Waals surface area contributed by atoms with Gasteiger partial charge in [0.05, 0.1) is 0 Å². The third kappa shape index (κ3) is 3.74. The molecule has 0 N–H and O–H groups in total. The van der Waals surface area contributed by atoms with E-state index in [1.165, 1.54) is 31.2 Å². The molecule has 1 aromatic rings. The van der Waals surface area contributed by atoms with Gasteiger partial charge in [-0.2, -0.15) is 5.57 Å². The van der Waals surface area contributed by atoms with E-state index in [0.717, 1.165) is 0 Å². The third-order valence-corrected chi connectivity index (χ3v) is 3.79. The van der Waals surface area contributed by atoms with Gasteiger partial charge in [0.2, 0.25) is 0 Å². The summed E-state index contributed by atoms with van der Waals surface area (Å²) >= 11 is -1.92. The summed E-state index contributed by atoms with van der Waals surface area (Å²) < 4.78 is 0. The Bertz CT molecular complexity index is 465. The molecule has 2 aliphatic rings. The van der Waals surface area contributed by atoms with Crippen molar-refractivity contribution in [3.8, 4) is 0 Å². The van der Waals surface area contributed by atoms with Crippen LogP contribution in [-0.4, -0.2) is 0 Å². The molecule has 3 rings (SSSR count). The minimum absolute atomic E-state index is 0.691. The predicted octanol–water partition coefficient (Wildman–Crippen LogP) is 6.40. The second kappa shape index (κ2) is 7.43. The minimum atomic E-state index is -1.92. The fraction of sp³-hybridized carbons (Fsp3) is 0.400. The van der Waals surface area contributed by atoms with E-state index in [9.17, 15) is 0 Å². The zero-order valence-corrected chi connectivity index (χ0v) is 14.8. The molecule has 0 nitrogen and oxygen atoms in total. The van der Waals surface area contributed by atoms with Gasteiger partial charge in [0.15, 0.2) is 0 Å². The Labute approximate surface area is 133 Å². The van der Waals surface area contributed by atoms with Crippen LogP contribution in [0.2, 0.25) is 0 Å². The summed E-state index contributed by atoms with van der Waals surface area (Å²) in [5.41, 5.74) is 6.40. The molecule has 0 radical (unpaired) electrons. The van der Waals surface area contributed by atoms with Gasteiger partial charge in [-0.25, -0.2) is 12.0 Å². The van der Waals surface area contributed by atoms with Crippen LogP contribution in [0.15, 0.2) is 29.8 Å². The zero-order chi connectivity index (χ0) is 13.8. The number of rotatable bonds is 1. The van der Waals surface area contributed by atoms with E-state index >= 15 is 0 Å². The summed E-state index contributed by atoms with van der Waals surface area (Å²) in [6.07, 6.45) is 7.63. The van der Waals surface area contributed by atoms with Crippen molar-refractivity contribution in [1.82, 2.24) is 0 Å². The van der Waals surface area contributed by atoms with Crippen molar-refractivity contribution < 1.29 is 14.7 Å². The van der Waals surface area contributed by atoms with Crippen LogP contribution in [0.4, 0.5) is 0 Å². The van der Waals surface area contributed by atoms with Crippen LogP contribution in [0.5, 0.6) is 0 Å². The van der Waals surface area contributed by atoms with Crippen molar-refractivity contribution in [2.24, 2.45) is 0 Å². The van der Waals surface area contributed by atoms with Crippen molar-refractivity contribution in [2.45, 2.75) is 38.5 Å². The fourth-order valence-corrected chi connectivity index (χ4v) is 3.13. The van der Waals surface area contributed by atoms with Gasteiger partial charge in [0.1, 0.15) is 0 Å². The third-order valence-electron chi connectivity index (χ3n) is 3.79. The molecule has 1 unspecified atom stereocenters. The molecule has 0 fully saturated rings. The molecule has 0 amide bonds. The monoisotopic (exact) mass is 350 g/mol. The van der Waals surface area contributed by atoms with Crippen molar-refractivity contribution >= 4 is 33.5 Å². The van der Waals surface area contributed by atoms with Crippen molar-refractivity contribution in [2.75, 3.05) is 0 Å². The number of allylic oxidation sites excluding steroid dienone is 2. The van der Waals surface area contributed by atoms with Crippen LogP contribution >= 0.6 is 27.9 Å². The molecule has 0 saturated carbocycles. The Morgan fingerprint density at radius 1 is 1.26 bits per heavy atom. The number of hydrogen-bond acceptors (Lipinski definition) is 0. The van der Waals surface area contributed by atoms with Crippen LogP contribution in [-0.2, 0) is 14.7 Å². The van der Waals surface area contributed by atoms with E-state index in [2.05, 4.69) is 37.6 Å². The van der Waals surface area contributed by atoms with Crippen LogP contribution in [0.1, 0.15) is 49.7 Å². The molecule has 102 valence electrons. The predicted molar refractivity (Wildman–Crippen MR) is 82.1 cm³/mol. The Balaban J connectivity index is 0.000000297. The summed E-state index contributed by atoms with van der Waals surface area (Å²) in [4.78, 5) is 0. The van der Waals surface area contributed by atoms with E-state index in [4.69, 9.17) is 27.9 Å². The number of fused-ring (bicyclic) bond motifs is 2. The van der Waals surface area contributed by atoms with Crippen molar-refractivity contribution in [3.05, 3.63) is 47.4 Å².